The monoisotopic (exact) mass is 215 g/mol. The zero-order chi connectivity index (χ0) is 11.5. The molecule has 0 bridgehead atoms. The highest BCUT2D eigenvalue weighted by Gasteiger charge is 2.02. The lowest BCUT2D eigenvalue weighted by molar-refractivity contribution is 0.603. The number of anilines is 1. The van der Waals surface area contributed by atoms with E-state index in [4.69, 9.17) is 5.73 Å². The van der Waals surface area contributed by atoms with Gasteiger partial charge in [0.2, 0.25) is 0 Å². The van der Waals surface area contributed by atoms with E-state index in [0.717, 1.165) is 29.8 Å². The van der Waals surface area contributed by atoms with Gasteiger partial charge in [-0.25, -0.2) is 0 Å². The van der Waals surface area contributed by atoms with Gasteiger partial charge in [0.15, 0.2) is 0 Å². The van der Waals surface area contributed by atoms with E-state index < -0.39 is 0 Å². The number of aryl methyl sites for hydroxylation is 2. The number of nitrogen functional groups attached to an aromatic ring is 1. The number of hydrogen-bond donors (Lipinski definition) is 1. The summed E-state index contributed by atoms with van der Waals surface area (Å²) < 4.78 is 1.97. The summed E-state index contributed by atoms with van der Waals surface area (Å²) in [5, 5.41) is 4.32. The van der Waals surface area contributed by atoms with E-state index in [0.29, 0.717) is 0 Å². The van der Waals surface area contributed by atoms with Crippen molar-refractivity contribution in [2.24, 2.45) is 0 Å². The molecule has 0 amide bonds. The highest BCUT2D eigenvalue weighted by atomic mass is 15.3. The highest BCUT2D eigenvalue weighted by Crippen LogP contribution is 2.22. The molecule has 3 heteroatoms. The van der Waals surface area contributed by atoms with E-state index >= 15 is 0 Å². The van der Waals surface area contributed by atoms with Gasteiger partial charge in [0.1, 0.15) is 0 Å². The van der Waals surface area contributed by atoms with Gasteiger partial charge in [-0.15, -0.1) is 0 Å². The van der Waals surface area contributed by atoms with Gasteiger partial charge >= 0.3 is 0 Å². The second-order valence-electron chi connectivity index (χ2n) is 4.12. The predicted molar refractivity (Wildman–Crippen MR) is 67.1 cm³/mol. The molecule has 0 saturated heterocycles. The lowest BCUT2D eigenvalue weighted by Gasteiger charge is -2.02. The van der Waals surface area contributed by atoms with Crippen LogP contribution in [-0.4, -0.2) is 9.78 Å². The zero-order valence-electron chi connectivity index (χ0n) is 9.77. The summed E-state index contributed by atoms with van der Waals surface area (Å²) in [6, 6.07) is 6.09. The molecule has 3 nitrogen and oxygen atoms in total. The Hall–Kier alpha value is -1.77. The van der Waals surface area contributed by atoms with Crippen LogP contribution >= 0.6 is 0 Å². The maximum Gasteiger partial charge on any atom is 0.0568 e. The Balaban J connectivity index is 2.34. The van der Waals surface area contributed by atoms with Crippen LogP contribution in [0.3, 0.4) is 0 Å². The van der Waals surface area contributed by atoms with E-state index in [1.165, 1.54) is 5.56 Å². The van der Waals surface area contributed by atoms with Crippen LogP contribution in [0.15, 0.2) is 30.6 Å². The number of rotatable bonds is 3. The Morgan fingerprint density at radius 2 is 2.06 bits per heavy atom. The number of benzene rings is 1. The van der Waals surface area contributed by atoms with Crippen LogP contribution in [0.5, 0.6) is 0 Å². The van der Waals surface area contributed by atoms with Crippen molar-refractivity contribution in [2.45, 2.75) is 26.8 Å². The molecule has 0 aliphatic heterocycles. The summed E-state index contributed by atoms with van der Waals surface area (Å²) in [6.45, 7) is 5.16. The Labute approximate surface area is 95.9 Å². The van der Waals surface area contributed by atoms with Crippen molar-refractivity contribution in [2.75, 3.05) is 5.73 Å². The third-order valence-electron chi connectivity index (χ3n) is 2.52. The van der Waals surface area contributed by atoms with Gasteiger partial charge in [0.05, 0.1) is 6.20 Å². The summed E-state index contributed by atoms with van der Waals surface area (Å²) in [7, 11) is 0. The molecule has 0 saturated carbocycles. The van der Waals surface area contributed by atoms with Gasteiger partial charge in [0.25, 0.3) is 0 Å². The molecule has 0 radical (unpaired) electrons. The molecule has 16 heavy (non-hydrogen) atoms. The molecule has 2 aromatic rings. The molecule has 0 atom stereocenters. The lowest BCUT2D eigenvalue weighted by Crippen LogP contribution is -1.95. The van der Waals surface area contributed by atoms with Crippen LogP contribution in [-0.2, 0) is 6.54 Å². The van der Waals surface area contributed by atoms with Crippen LogP contribution in [0.4, 0.5) is 5.69 Å². The molecular formula is C13H17N3. The van der Waals surface area contributed by atoms with Crippen molar-refractivity contribution in [1.82, 2.24) is 9.78 Å². The fourth-order valence-electron chi connectivity index (χ4n) is 1.84. The second-order valence-corrected chi connectivity index (χ2v) is 4.12. The normalized spacial score (nSPS) is 10.6. The molecule has 1 aromatic heterocycles. The first kappa shape index (κ1) is 10.7. The van der Waals surface area contributed by atoms with E-state index in [2.05, 4.69) is 31.2 Å². The lowest BCUT2D eigenvalue weighted by atomic mass is 10.1. The SMILES string of the molecule is CCCn1cc(-c2cc(C)cc(N)c2)cn1. The molecule has 2 N–H and O–H groups in total. The van der Waals surface area contributed by atoms with Crippen LogP contribution in [0.25, 0.3) is 11.1 Å². The van der Waals surface area contributed by atoms with E-state index in [9.17, 15) is 0 Å². The number of nitrogens with two attached hydrogens (primary N) is 1. The van der Waals surface area contributed by atoms with Gasteiger partial charge < -0.3 is 5.73 Å². The van der Waals surface area contributed by atoms with Crippen molar-refractivity contribution in [3.63, 3.8) is 0 Å². The second kappa shape index (κ2) is 4.39. The van der Waals surface area contributed by atoms with Gasteiger partial charge in [-0.1, -0.05) is 13.0 Å². The summed E-state index contributed by atoms with van der Waals surface area (Å²) in [5.41, 5.74) is 10.1. The fourth-order valence-corrected chi connectivity index (χ4v) is 1.84. The van der Waals surface area contributed by atoms with E-state index in [-0.39, 0.29) is 0 Å². The zero-order valence-corrected chi connectivity index (χ0v) is 9.77. The molecule has 1 heterocycles. The molecule has 0 aliphatic rings. The maximum absolute atomic E-state index is 5.84. The first-order valence-electron chi connectivity index (χ1n) is 5.59. The summed E-state index contributed by atoms with van der Waals surface area (Å²) in [6.07, 6.45) is 5.05. The fraction of sp³-hybridized carbons (Fsp3) is 0.308. The van der Waals surface area contributed by atoms with Crippen molar-refractivity contribution in [3.05, 3.63) is 36.2 Å². The molecule has 0 unspecified atom stereocenters. The van der Waals surface area contributed by atoms with Crippen LogP contribution in [0.2, 0.25) is 0 Å². The maximum atomic E-state index is 5.84. The molecule has 0 spiro atoms. The molecule has 1 aromatic carbocycles. The molecule has 84 valence electrons. The third kappa shape index (κ3) is 2.24. The average molecular weight is 215 g/mol. The third-order valence-corrected chi connectivity index (χ3v) is 2.52. The van der Waals surface area contributed by atoms with Crippen molar-refractivity contribution < 1.29 is 0 Å². The highest BCUT2D eigenvalue weighted by molar-refractivity contribution is 5.67. The predicted octanol–water partition coefficient (Wildman–Crippen LogP) is 2.85. The van der Waals surface area contributed by atoms with Crippen LogP contribution in [0, 0.1) is 6.92 Å². The molecular weight excluding hydrogens is 198 g/mol. The Morgan fingerprint density at radius 3 is 2.75 bits per heavy atom. The minimum Gasteiger partial charge on any atom is -0.399 e. The summed E-state index contributed by atoms with van der Waals surface area (Å²) >= 11 is 0. The van der Waals surface area contributed by atoms with Crippen molar-refractivity contribution >= 4 is 5.69 Å². The quantitative estimate of drug-likeness (QED) is 0.800. The minimum absolute atomic E-state index is 0.804. The number of hydrogen-bond acceptors (Lipinski definition) is 2. The molecule has 0 aliphatic carbocycles. The van der Waals surface area contributed by atoms with Gasteiger partial charge in [-0.05, 0) is 36.6 Å². The summed E-state index contributed by atoms with van der Waals surface area (Å²) in [5.74, 6) is 0. The standard InChI is InChI=1S/C13H17N3/c1-3-4-16-9-12(8-15-16)11-5-10(2)6-13(14)7-11/h5-9H,3-4,14H2,1-2H3. The van der Waals surface area contributed by atoms with Gasteiger partial charge in [0, 0.05) is 24.0 Å². The minimum atomic E-state index is 0.804. The Kier molecular flexibility index (Phi) is 2.95. The Bertz CT molecular complexity index is 465. The van der Waals surface area contributed by atoms with E-state index in [1.807, 2.05) is 23.0 Å². The molecule has 2 rings (SSSR count). The number of aromatic nitrogens is 2. The van der Waals surface area contributed by atoms with Gasteiger partial charge in [-0.2, -0.15) is 5.10 Å². The first-order valence-corrected chi connectivity index (χ1v) is 5.59. The van der Waals surface area contributed by atoms with Crippen molar-refractivity contribution in [3.8, 4) is 11.1 Å². The van der Waals surface area contributed by atoms with Crippen LogP contribution in [0.1, 0.15) is 18.9 Å². The van der Waals surface area contributed by atoms with E-state index in [1.54, 1.807) is 0 Å². The topological polar surface area (TPSA) is 43.8 Å². The average Bonchev–Trinajstić information content (AvgIpc) is 2.65. The van der Waals surface area contributed by atoms with Gasteiger partial charge in [-0.3, -0.25) is 4.68 Å². The molecule has 0 fully saturated rings. The Morgan fingerprint density at radius 1 is 1.25 bits per heavy atom. The summed E-state index contributed by atoms with van der Waals surface area (Å²) in [4.78, 5) is 0. The van der Waals surface area contributed by atoms with Crippen molar-refractivity contribution in [1.29, 1.82) is 0 Å². The number of nitrogens with zero attached hydrogens (tertiary/aromatic N) is 2. The first-order chi connectivity index (χ1) is 7.69. The smallest absolute Gasteiger partial charge is 0.0568 e. The largest absolute Gasteiger partial charge is 0.399 e. The van der Waals surface area contributed by atoms with Crippen LogP contribution < -0.4 is 5.73 Å².